The van der Waals surface area contributed by atoms with Gasteiger partial charge in [-0.3, -0.25) is 15.0 Å². The van der Waals surface area contributed by atoms with Crippen LogP contribution in [0.4, 0.5) is 5.69 Å². The number of nitrogens with zero attached hydrogens (tertiary/aromatic N) is 1. The van der Waals surface area contributed by atoms with E-state index in [0.717, 1.165) is 36.1 Å². The molecule has 2 amide bonds. The molecule has 3 rings (SSSR count). The predicted octanol–water partition coefficient (Wildman–Crippen LogP) is 4.95. The minimum Gasteiger partial charge on any atom is -0.359 e. The van der Waals surface area contributed by atoms with Gasteiger partial charge in [-0.2, -0.15) is 0 Å². The normalized spacial score (nSPS) is 15.7. The van der Waals surface area contributed by atoms with Crippen LogP contribution in [0.2, 0.25) is 0 Å². The fourth-order valence-electron chi connectivity index (χ4n) is 3.43. The van der Waals surface area contributed by atoms with Gasteiger partial charge in [-0.15, -0.1) is 0 Å². The minimum atomic E-state index is -0.438. The molecule has 0 aliphatic carbocycles. The Morgan fingerprint density at radius 2 is 1.75 bits per heavy atom. The Morgan fingerprint density at radius 3 is 2.50 bits per heavy atom. The summed E-state index contributed by atoms with van der Waals surface area (Å²) in [7, 11) is 0. The lowest BCUT2D eigenvalue weighted by atomic mass is 10.0. The molecule has 2 aromatic rings. The number of unbranched alkanes of at least 4 members (excludes halogenated alkanes) is 4. The van der Waals surface area contributed by atoms with Crippen molar-refractivity contribution < 1.29 is 9.59 Å². The van der Waals surface area contributed by atoms with Gasteiger partial charge >= 0.3 is 0 Å². The van der Waals surface area contributed by atoms with Crippen molar-refractivity contribution in [1.29, 1.82) is 0 Å². The van der Waals surface area contributed by atoms with Crippen LogP contribution < -0.4 is 10.7 Å². The average Bonchev–Trinajstić information content (AvgIpc) is 2.70. The fourth-order valence-corrected chi connectivity index (χ4v) is 3.43. The summed E-state index contributed by atoms with van der Waals surface area (Å²) in [6, 6.07) is 15.4. The summed E-state index contributed by atoms with van der Waals surface area (Å²) >= 11 is 0. The topological polar surface area (TPSA) is 61.4 Å². The molecule has 1 atom stereocenters. The Hall–Kier alpha value is -2.82. The second-order valence-electron chi connectivity index (χ2n) is 7.38. The summed E-state index contributed by atoms with van der Waals surface area (Å²) in [4.78, 5) is 25.6. The number of rotatable bonds is 8. The van der Waals surface area contributed by atoms with Gasteiger partial charge in [-0.1, -0.05) is 74.6 Å². The summed E-state index contributed by atoms with van der Waals surface area (Å²) < 4.78 is 0. The molecule has 1 heterocycles. The van der Waals surface area contributed by atoms with Crippen molar-refractivity contribution in [1.82, 2.24) is 10.4 Å². The molecule has 0 fully saturated rings. The van der Waals surface area contributed by atoms with E-state index >= 15 is 0 Å². The minimum absolute atomic E-state index is 0.122. The van der Waals surface area contributed by atoms with Gasteiger partial charge < -0.3 is 5.32 Å². The molecule has 148 valence electrons. The van der Waals surface area contributed by atoms with Crippen molar-refractivity contribution in [3.8, 4) is 0 Å². The van der Waals surface area contributed by atoms with Crippen LogP contribution in [0.5, 0.6) is 0 Å². The van der Waals surface area contributed by atoms with Crippen molar-refractivity contribution in [3.63, 3.8) is 0 Å². The maximum atomic E-state index is 13.1. The van der Waals surface area contributed by atoms with Crippen LogP contribution in [-0.2, 0) is 4.79 Å². The molecule has 1 unspecified atom stereocenters. The van der Waals surface area contributed by atoms with E-state index < -0.39 is 6.17 Å². The van der Waals surface area contributed by atoms with Crippen molar-refractivity contribution in [2.24, 2.45) is 0 Å². The molecule has 1 aliphatic heterocycles. The van der Waals surface area contributed by atoms with Crippen LogP contribution in [0.1, 0.15) is 73.1 Å². The van der Waals surface area contributed by atoms with Crippen LogP contribution in [0.3, 0.4) is 0 Å². The maximum absolute atomic E-state index is 13.1. The molecule has 0 aromatic heterocycles. The third-order valence-corrected chi connectivity index (χ3v) is 5.07. The van der Waals surface area contributed by atoms with Crippen LogP contribution in [-0.4, -0.2) is 16.8 Å². The van der Waals surface area contributed by atoms with E-state index in [2.05, 4.69) is 17.7 Å². The first-order chi connectivity index (χ1) is 13.6. The Balaban J connectivity index is 1.76. The first-order valence-corrected chi connectivity index (χ1v) is 10.2. The first-order valence-electron chi connectivity index (χ1n) is 10.2. The number of hydrazine groups is 1. The van der Waals surface area contributed by atoms with Crippen LogP contribution >= 0.6 is 0 Å². The molecule has 2 N–H and O–H groups in total. The van der Waals surface area contributed by atoms with Crippen molar-refractivity contribution in [2.75, 3.05) is 5.32 Å². The highest BCUT2D eigenvalue weighted by atomic mass is 16.2. The van der Waals surface area contributed by atoms with Gasteiger partial charge in [0.2, 0.25) is 5.91 Å². The standard InChI is InChI=1S/C23H29N3O2/c1-3-4-5-6-7-12-21(27)25-26-22(18-15-13-17(2)14-16-18)24-20-11-9-8-10-19(20)23(26)28/h8-11,13-16,22,24H,3-7,12H2,1-2H3,(H,25,27). The van der Waals surface area contributed by atoms with Crippen molar-refractivity contribution in [3.05, 3.63) is 65.2 Å². The number of para-hydroxylation sites is 1. The van der Waals surface area contributed by atoms with Crippen LogP contribution in [0.15, 0.2) is 48.5 Å². The highest BCUT2D eigenvalue weighted by Crippen LogP contribution is 2.32. The quantitative estimate of drug-likeness (QED) is 0.638. The number of hydrogen-bond donors (Lipinski definition) is 2. The summed E-state index contributed by atoms with van der Waals surface area (Å²) in [5, 5.41) is 4.82. The zero-order valence-corrected chi connectivity index (χ0v) is 16.7. The zero-order chi connectivity index (χ0) is 19.9. The lowest BCUT2D eigenvalue weighted by Gasteiger charge is -2.37. The number of carbonyl (C=O) groups is 2. The number of amides is 2. The average molecular weight is 380 g/mol. The monoisotopic (exact) mass is 379 g/mol. The van der Waals surface area contributed by atoms with E-state index in [1.54, 1.807) is 6.07 Å². The molecule has 0 spiro atoms. The molecule has 0 radical (unpaired) electrons. The van der Waals surface area contributed by atoms with E-state index in [1.165, 1.54) is 17.9 Å². The molecule has 2 aromatic carbocycles. The number of benzene rings is 2. The molecular formula is C23H29N3O2. The molecule has 1 aliphatic rings. The second-order valence-corrected chi connectivity index (χ2v) is 7.38. The first kappa shape index (κ1) is 19.9. The van der Waals surface area contributed by atoms with Gasteiger partial charge in [0.15, 0.2) is 0 Å². The maximum Gasteiger partial charge on any atom is 0.276 e. The third-order valence-electron chi connectivity index (χ3n) is 5.07. The SMILES string of the molecule is CCCCCCCC(=O)NN1C(=O)c2ccccc2NC1c1ccc(C)cc1. The highest BCUT2D eigenvalue weighted by Gasteiger charge is 2.34. The van der Waals surface area contributed by atoms with Gasteiger partial charge in [-0.05, 0) is 31.0 Å². The molecule has 0 saturated carbocycles. The van der Waals surface area contributed by atoms with Gasteiger partial charge in [0.25, 0.3) is 5.91 Å². The number of anilines is 1. The smallest absolute Gasteiger partial charge is 0.276 e. The van der Waals surface area contributed by atoms with E-state index in [0.29, 0.717) is 12.0 Å². The molecule has 0 saturated heterocycles. The summed E-state index contributed by atoms with van der Waals surface area (Å²) in [5.74, 6) is -0.317. The largest absolute Gasteiger partial charge is 0.359 e. The third kappa shape index (κ3) is 4.71. The lowest BCUT2D eigenvalue weighted by Crippen LogP contribution is -2.52. The molecule has 5 nitrogen and oxygen atoms in total. The molecular weight excluding hydrogens is 350 g/mol. The van der Waals surface area contributed by atoms with E-state index in [4.69, 9.17) is 0 Å². The van der Waals surface area contributed by atoms with Crippen molar-refractivity contribution in [2.45, 2.75) is 58.5 Å². The van der Waals surface area contributed by atoms with E-state index in [1.807, 2.05) is 49.4 Å². The summed E-state index contributed by atoms with van der Waals surface area (Å²) in [6.45, 7) is 4.20. The van der Waals surface area contributed by atoms with Crippen LogP contribution in [0, 0.1) is 6.92 Å². The van der Waals surface area contributed by atoms with Crippen molar-refractivity contribution >= 4 is 17.5 Å². The van der Waals surface area contributed by atoms with Gasteiger partial charge in [0.05, 0.1) is 5.56 Å². The number of fused-ring (bicyclic) bond motifs is 1. The highest BCUT2D eigenvalue weighted by molar-refractivity contribution is 6.02. The van der Waals surface area contributed by atoms with Gasteiger partial charge in [0.1, 0.15) is 6.17 Å². The number of aryl methyl sites for hydroxylation is 1. The zero-order valence-electron chi connectivity index (χ0n) is 16.7. The Morgan fingerprint density at radius 1 is 1.04 bits per heavy atom. The Labute approximate surface area is 167 Å². The van der Waals surface area contributed by atoms with Gasteiger partial charge in [0, 0.05) is 12.1 Å². The van der Waals surface area contributed by atoms with Gasteiger partial charge in [-0.25, -0.2) is 5.01 Å². The molecule has 5 heteroatoms. The van der Waals surface area contributed by atoms with E-state index in [9.17, 15) is 9.59 Å². The molecule has 0 bridgehead atoms. The summed E-state index contributed by atoms with van der Waals surface area (Å²) in [5.41, 5.74) is 6.27. The Bertz CT molecular complexity index is 817. The second kappa shape index (κ2) is 9.40. The fraction of sp³-hybridized carbons (Fsp3) is 0.391. The Kier molecular flexibility index (Phi) is 6.69. The number of hydrogen-bond acceptors (Lipinski definition) is 3. The predicted molar refractivity (Wildman–Crippen MR) is 112 cm³/mol. The van der Waals surface area contributed by atoms with Crippen LogP contribution in [0.25, 0.3) is 0 Å². The molecule has 28 heavy (non-hydrogen) atoms. The number of carbonyl (C=O) groups excluding carboxylic acids is 2. The number of nitrogens with one attached hydrogen (secondary N) is 2. The summed E-state index contributed by atoms with van der Waals surface area (Å²) in [6.07, 6.45) is 5.39. The lowest BCUT2D eigenvalue weighted by molar-refractivity contribution is -0.125. The van der Waals surface area contributed by atoms with E-state index in [-0.39, 0.29) is 11.8 Å².